The first-order chi connectivity index (χ1) is 15.9. The third-order valence-electron chi connectivity index (χ3n) is 6.16. The summed E-state index contributed by atoms with van der Waals surface area (Å²) in [5.74, 6) is 0.329. The maximum atomic E-state index is 13.8. The number of halogens is 2. The fraction of sp³-hybridized carbons (Fsp3) is 0.440. The Bertz CT molecular complexity index is 967. The Morgan fingerprint density at radius 2 is 1.79 bits per heavy atom. The molecule has 1 fully saturated rings. The molecule has 0 aromatic heterocycles. The summed E-state index contributed by atoms with van der Waals surface area (Å²) in [6, 6.07) is 11.1. The first kappa shape index (κ1) is 25.2. The van der Waals surface area contributed by atoms with Crippen molar-refractivity contribution in [3.05, 3.63) is 53.1 Å². The predicted molar refractivity (Wildman–Crippen MR) is 132 cm³/mol. The minimum atomic E-state index is -0.954. The van der Waals surface area contributed by atoms with E-state index in [-0.39, 0.29) is 17.8 Å². The molecule has 3 unspecified atom stereocenters. The summed E-state index contributed by atoms with van der Waals surface area (Å²) >= 11 is 12.1. The standard InChI is InChI=1S/C25H30Cl2N2O4/c1-16-6-4-5-7-20(16)28-25(31)24(17-8-10-18(27)11-9-17)29(23(30)15-26)21-13-12-19(32-2)14-22(21)33-3/h8-14,16,20,24H,4-7,15H2,1-3H3,(H,28,31). The van der Waals surface area contributed by atoms with Crippen molar-refractivity contribution in [2.75, 3.05) is 25.0 Å². The first-order valence-corrected chi connectivity index (χ1v) is 12.0. The molecule has 1 aliphatic carbocycles. The van der Waals surface area contributed by atoms with Crippen LogP contribution in [0.5, 0.6) is 11.5 Å². The van der Waals surface area contributed by atoms with Crippen LogP contribution in [0.25, 0.3) is 0 Å². The van der Waals surface area contributed by atoms with Crippen molar-refractivity contribution in [1.82, 2.24) is 5.32 Å². The number of nitrogens with one attached hydrogen (secondary N) is 1. The van der Waals surface area contributed by atoms with Crippen LogP contribution in [0.4, 0.5) is 5.69 Å². The second-order valence-electron chi connectivity index (χ2n) is 8.27. The van der Waals surface area contributed by atoms with Gasteiger partial charge in [-0.05, 0) is 48.6 Å². The fourth-order valence-corrected chi connectivity index (χ4v) is 4.58. The van der Waals surface area contributed by atoms with Gasteiger partial charge >= 0.3 is 0 Å². The number of amides is 2. The second kappa shape index (κ2) is 11.6. The average molecular weight is 493 g/mol. The molecule has 0 saturated heterocycles. The van der Waals surface area contributed by atoms with E-state index in [0.717, 1.165) is 25.7 Å². The molecule has 1 aliphatic rings. The smallest absolute Gasteiger partial charge is 0.248 e. The van der Waals surface area contributed by atoms with E-state index in [1.165, 1.54) is 12.0 Å². The second-order valence-corrected chi connectivity index (χ2v) is 8.97. The summed E-state index contributed by atoms with van der Waals surface area (Å²) < 4.78 is 10.8. The first-order valence-electron chi connectivity index (χ1n) is 11.1. The van der Waals surface area contributed by atoms with Gasteiger partial charge in [-0.3, -0.25) is 14.5 Å². The molecule has 0 radical (unpaired) electrons. The van der Waals surface area contributed by atoms with Crippen LogP contribution >= 0.6 is 23.2 Å². The van der Waals surface area contributed by atoms with Crippen LogP contribution in [0.15, 0.2) is 42.5 Å². The Labute approximate surface area is 205 Å². The van der Waals surface area contributed by atoms with Crippen LogP contribution in [-0.2, 0) is 9.59 Å². The number of nitrogens with zero attached hydrogens (tertiary/aromatic N) is 1. The lowest BCUT2D eigenvalue weighted by molar-refractivity contribution is -0.126. The normalized spacial score (nSPS) is 18.8. The van der Waals surface area contributed by atoms with Crippen LogP contribution in [0.2, 0.25) is 5.02 Å². The van der Waals surface area contributed by atoms with Crippen molar-refractivity contribution >= 4 is 40.7 Å². The summed E-state index contributed by atoms with van der Waals surface area (Å²) in [6.45, 7) is 2.15. The van der Waals surface area contributed by atoms with Gasteiger partial charge in [-0.25, -0.2) is 0 Å². The van der Waals surface area contributed by atoms with Gasteiger partial charge in [-0.1, -0.05) is 43.5 Å². The highest BCUT2D eigenvalue weighted by molar-refractivity contribution is 6.30. The highest BCUT2D eigenvalue weighted by Crippen LogP contribution is 2.38. The van der Waals surface area contributed by atoms with Gasteiger partial charge in [0.15, 0.2) is 0 Å². The van der Waals surface area contributed by atoms with Gasteiger partial charge in [0.1, 0.15) is 23.4 Å². The third kappa shape index (κ3) is 5.92. The minimum Gasteiger partial charge on any atom is -0.497 e. The molecule has 178 valence electrons. The van der Waals surface area contributed by atoms with Crippen LogP contribution < -0.4 is 19.7 Å². The minimum absolute atomic E-state index is 0.0479. The number of carbonyl (C=O) groups excluding carboxylic acids is 2. The van der Waals surface area contributed by atoms with Crippen molar-refractivity contribution in [3.8, 4) is 11.5 Å². The van der Waals surface area contributed by atoms with Crippen molar-refractivity contribution in [2.24, 2.45) is 5.92 Å². The van der Waals surface area contributed by atoms with E-state index in [0.29, 0.717) is 33.7 Å². The lowest BCUT2D eigenvalue weighted by atomic mass is 9.85. The van der Waals surface area contributed by atoms with Gasteiger partial charge in [0.2, 0.25) is 11.8 Å². The Kier molecular flexibility index (Phi) is 8.87. The molecule has 1 N–H and O–H groups in total. The van der Waals surface area contributed by atoms with Gasteiger partial charge in [-0.2, -0.15) is 0 Å². The van der Waals surface area contributed by atoms with Crippen molar-refractivity contribution < 1.29 is 19.1 Å². The molecule has 0 bridgehead atoms. The summed E-state index contributed by atoms with van der Waals surface area (Å²) in [7, 11) is 3.05. The Balaban J connectivity index is 2.09. The maximum Gasteiger partial charge on any atom is 0.248 e. The number of methoxy groups -OCH3 is 2. The fourth-order valence-electron chi connectivity index (χ4n) is 4.32. The van der Waals surface area contributed by atoms with Crippen molar-refractivity contribution in [1.29, 1.82) is 0 Å². The summed E-state index contributed by atoms with van der Waals surface area (Å²) in [5.41, 5.74) is 1.05. The Morgan fingerprint density at radius 1 is 1.09 bits per heavy atom. The molecular formula is C25H30Cl2N2O4. The summed E-state index contributed by atoms with van der Waals surface area (Å²) in [6.07, 6.45) is 4.20. The van der Waals surface area contributed by atoms with Gasteiger partial charge in [0.25, 0.3) is 0 Å². The Morgan fingerprint density at radius 3 is 2.39 bits per heavy atom. The molecule has 1 saturated carbocycles. The molecule has 0 aliphatic heterocycles. The third-order valence-corrected chi connectivity index (χ3v) is 6.64. The molecular weight excluding hydrogens is 463 g/mol. The molecule has 33 heavy (non-hydrogen) atoms. The zero-order chi connectivity index (χ0) is 24.0. The monoisotopic (exact) mass is 492 g/mol. The van der Waals surface area contributed by atoms with Gasteiger partial charge < -0.3 is 14.8 Å². The molecule has 2 amide bonds. The van der Waals surface area contributed by atoms with E-state index in [2.05, 4.69) is 12.2 Å². The van der Waals surface area contributed by atoms with Crippen LogP contribution in [-0.4, -0.2) is 38.0 Å². The summed E-state index contributed by atoms with van der Waals surface area (Å²) in [4.78, 5) is 28.3. The molecule has 3 rings (SSSR count). The van der Waals surface area contributed by atoms with Crippen LogP contribution in [0, 0.1) is 5.92 Å². The van der Waals surface area contributed by atoms with Gasteiger partial charge in [0.05, 0.1) is 19.9 Å². The van der Waals surface area contributed by atoms with Gasteiger partial charge in [0, 0.05) is 17.1 Å². The molecule has 2 aromatic rings. The number of benzene rings is 2. The van der Waals surface area contributed by atoms with E-state index >= 15 is 0 Å². The number of hydrogen-bond donors (Lipinski definition) is 1. The van der Waals surface area contributed by atoms with E-state index in [4.69, 9.17) is 32.7 Å². The SMILES string of the molecule is COc1ccc(N(C(=O)CCl)C(C(=O)NC2CCCCC2C)c2ccc(Cl)cc2)c(OC)c1. The van der Waals surface area contributed by atoms with Crippen LogP contribution in [0.3, 0.4) is 0 Å². The maximum absolute atomic E-state index is 13.8. The van der Waals surface area contributed by atoms with Crippen molar-refractivity contribution in [3.63, 3.8) is 0 Å². The zero-order valence-corrected chi connectivity index (χ0v) is 20.7. The number of anilines is 1. The Hall–Kier alpha value is -2.44. The number of carbonyl (C=O) groups is 2. The summed E-state index contributed by atoms with van der Waals surface area (Å²) in [5, 5.41) is 3.73. The van der Waals surface area contributed by atoms with E-state index in [1.54, 1.807) is 49.6 Å². The number of ether oxygens (including phenoxy) is 2. The van der Waals surface area contributed by atoms with Crippen LogP contribution in [0.1, 0.15) is 44.2 Å². The van der Waals surface area contributed by atoms with E-state index in [9.17, 15) is 9.59 Å². The largest absolute Gasteiger partial charge is 0.497 e. The highest BCUT2D eigenvalue weighted by atomic mass is 35.5. The lowest BCUT2D eigenvalue weighted by Crippen LogP contribution is -2.49. The number of alkyl halides is 1. The lowest BCUT2D eigenvalue weighted by Gasteiger charge is -2.35. The predicted octanol–water partition coefficient (Wildman–Crippen LogP) is 5.37. The van der Waals surface area contributed by atoms with E-state index in [1.807, 2.05) is 0 Å². The van der Waals surface area contributed by atoms with E-state index < -0.39 is 11.9 Å². The van der Waals surface area contributed by atoms with Crippen molar-refractivity contribution in [2.45, 2.75) is 44.7 Å². The quantitative estimate of drug-likeness (QED) is 0.503. The highest BCUT2D eigenvalue weighted by Gasteiger charge is 2.36. The molecule has 0 spiro atoms. The zero-order valence-electron chi connectivity index (χ0n) is 19.1. The molecule has 0 heterocycles. The molecule has 6 nitrogen and oxygen atoms in total. The molecule has 2 aromatic carbocycles. The average Bonchev–Trinajstić information content (AvgIpc) is 2.83. The molecule has 8 heteroatoms. The topological polar surface area (TPSA) is 67.9 Å². The van der Waals surface area contributed by atoms with Gasteiger partial charge in [-0.15, -0.1) is 11.6 Å². The number of rotatable bonds is 8. The molecule has 3 atom stereocenters. The number of hydrogen-bond acceptors (Lipinski definition) is 4.